The first-order chi connectivity index (χ1) is 16.2. The smallest absolute Gasteiger partial charge is 0.320 e. The van der Waals surface area contributed by atoms with Gasteiger partial charge < -0.3 is 29.6 Å². The minimum Gasteiger partial charge on any atom is -0.480 e. The lowest BCUT2D eigenvalue weighted by Crippen LogP contribution is -2.42. The van der Waals surface area contributed by atoms with E-state index in [-0.39, 0.29) is 17.6 Å². The standard InChI is InChI=1S/C25H33N5O4/c1-15(2)22(25(32)33)26-11-17-5-6-21-20(10-17)28-23(18-9-16(3)24(31)27-12-18)30(21)14-19-13-29(4)7-8-34-19/h5-6,9-10,12,15,19,22,26H,7-8,11,13-14H2,1-4H3,(H,27,31)(H,32,33)/t19?,22-/m0/s1. The lowest BCUT2D eigenvalue weighted by Gasteiger charge is -2.30. The lowest BCUT2D eigenvalue weighted by molar-refractivity contribution is -0.140. The molecule has 3 heterocycles. The van der Waals surface area contributed by atoms with Crippen LogP contribution in [0.4, 0.5) is 0 Å². The summed E-state index contributed by atoms with van der Waals surface area (Å²) in [6.45, 7) is 9.07. The van der Waals surface area contributed by atoms with Gasteiger partial charge in [0.15, 0.2) is 0 Å². The van der Waals surface area contributed by atoms with E-state index in [1.165, 1.54) is 0 Å². The van der Waals surface area contributed by atoms with Gasteiger partial charge in [-0.25, -0.2) is 4.98 Å². The minimum atomic E-state index is -0.853. The average molecular weight is 468 g/mol. The van der Waals surface area contributed by atoms with E-state index in [2.05, 4.69) is 26.8 Å². The summed E-state index contributed by atoms with van der Waals surface area (Å²) in [6, 6.07) is 7.26. The van der Waals surface area contributed by atoms with Crippen molar-refractivity contribution in [2.24, 2.45) is 5.92 Å². The second-order valence-electron chi connectivity index (χ2n) is 9.47. The van der Waals surface area contributed by atoms with Crippen LogP contribution in [0.3, 0.4) is 0 Å². The molecule has 4 rings (SSSR count). The maximum Gasteiger partial charge on any atom is 0.320 e. The van der Waals surface area contributed by atoms with Gasteiger partial charge in [-0.05, 0) is 43.7 Å². The van der Waals surface area contributed by atoms with Crippen LogP contribution in [0.15, 0.2) is 35.3 Å². The Balaban J connectivity index is 1.70. The van der Waals surface area contributed by atoms with Gasteiger partial charge in [-0.15, -0.1) is 0 Å². The summed E-state index contributed by atoms with van der Waals surface area (Å²) in [7, 11) is 2.09. The van der Waals surface area contributed by atoms with Crippen molar-refractivity contribution in [2.45, 2.75) is 46.0 Å². The van der Waals surface area contributed by atoms with Crippen LogP contribution < -0.4 is 10.9 Å². The van der Waals surface area contributed by atoms with Crippen LogP contribution in [-0.4, -0.2) is 69.4 Å². The summed E-state index contributed by atoms with van der Waals surface area (Å²) in [5.74, 6) is -0.112. The van der Waals surface area contributed by atoms with E-state index in [0.717, 1.165) is 41.1 Å². The Morgan fingerprint density at radius 2 is 2.15 bits per heavy atom. The SMILES string of the molecule is Cc1cc(-c2nc3cc(CN[C@H](C(=O)O)C(C)C)ccc3n2CC2CN(C)CCO2)c[nH]c1=O. The zero-order chi connectivity index (χ0) is 24.4. The molecule has 9 heteroatoms. The van der Waals surface area contributed by atoms with Gasteiger partial charge in [0.1, 0.15) is 11.9 Å². The number of hydrogen-bond donors (Lipinski definition) is 3. The topological polar surface area (TPSA) is 112 Å². The number of aromatic nitrogens is 3. The van der Waals surface area contributed by atoms with Gasteiger partial charge in [0.05, 0.1) is 30.3 Å². The van der Waals surface area contributed by atoms with Crippen LogP contribution in [0.2, 0.25) is 0 Å². The third-order valence-corrected chi connectivity index (χ3v) is 6.35. The molecule has 1 unspecified atom stereocenters. The normalized spacial score (nSPS) is 18.0. The number of carbonyl (C=O) groups is 1. The number of rotatable bonds is 8. The maximum atomic E-state index is 11.9. The fourth-order valence-corrected chi connectivity index (χ4v) is 4.43. The number of pyridine rings is 1. The van der Waals surface area contributed by atoms with Crippen LogP contribution in [0.25, 0.3) is 22.4 Å². The third kappa shape index (κ3) is 5.22. The van der Waals surface area contributed by atoms with Crippen LogP contribution in [0.5, 0.6) is 0 Å². The Morgan fingerprint density at radius 1 is 1.35 bits per heavy atom. The zero-order valence-electron chi connectivity index (χ0n) is 20.2. The number of aryl methyl sites for hydroxylation is 1. The molecule has 0 saturated carbocycles. The fourth-order valence-electron chi connectivity index (χ4n) is 4.43. The first-order valence-corrected chi connectivity index (χ1v) is 11.7. The first-order valence-electron chi connectivity index (χ1n) is 11.7. The molecule has 182 valence electrons. The molecule has 9 nitrogen and oxygen atoms in total. The predicted octanol–water partition coefficient (Wildman–Crippen LogP) is 2.23. The Kier molecular flexibility index (Phi) is 7.16. The number of carboxylic acid groups (broad SMARTS) is 1. The van der Waals surface area contributed by atoms with Crippen LogP contribution in [-0.2, 0) is 22.6 Å². The summed E-state index contributed by atoms with van der Waals surface area (Å²) in [4.78, 5) is 33.4. The van der Waals surface area contributed by atoms with Crippen molar-refractivity contribution >= 4 is 17.0 Å². The highest BCUT2D eigenvalue weighted by Gasteiger charge is 2.23. The molecule has 3 aromatic rings. The number of benzene rings is 1. The number of nitrogens with one attached hydrogen (secondary N) is 2. The number of fused-ring (bicyclic) bond motifs is 1. The van der Waals surface area contributed by atoms with E-state index in [1.807, 2.05) is 38.1 Å². The van der Waals surface area contributed by atoms with Gasteiger partial charge in [0, 0.05) is 37.0 Å². The van der Waals surface area contributed by atoms with E-state index in [1.54, 1.807) is 13.1 Å². The van der Waals surface area contributed by atoms with Crippen molar-refractivity contribution in [3.05, 3.63) is 51.9 Å². The van der Waals surface area contributed by atoms with E-state index < -0.39 is 12.0 Å². The Bertz CT molecular complexity index is 1230. The van der Waals surface area contributed by atoms with Gasteiger partial charge in [0.25, 0.3) is 5.56 Å². The molecule has 1 aliphatic heterocycles. The number of morpholine rings is 1. The van der Waals surface area contributed by atoms with Gasteiger partial charge >= 0.3 is 5.97 Å². The van der Waals surface area contributed by atoms with Crippen molar-refractivity contribution in [3.8, 4) is 11.4 Å². The minimum absolute atomic E-state index is 0.0239. The van der Waals surface area contributed by atoms with Crippen molar-refractivity contribution in [3.63, 3.8) is 0 Å². The molecule has 1 fully saturated rings. The van der Waals surface area contributed by atoms with Crippen LogP contribution in [0, 0.1) is 12.8 Å². The summed E-state index contributed by atoms with van der Waals surface area (Å²) in [6.07, 6.45) is 1.73. The largest absolute Gasteiger partial charge is 0.480 e. The monoisotopic (exact) mass is 467 g/mol. The quantitative estimate of drug-likeness (QED) is 0.466. The highest BCUT2D eigenvalue weighted by atomic mass is 16.5. The predicted molar refractivity (Wildman–Crippen MR) is 131 cm³/mol. The van der Waals surface area contributed by atoms with E-state index >= 15 is 0 Å². The zero-order valence-corrected chi connectivity index (χ0v) is 20.2. The van der Waals surface area contributed by atoms with Crippen molar-refractivity contribution in [1.82, 2.24) is 24.8 Å². The van der Waals surface area contributed by atoms with E-state index in [0.29, 0.717) is 25.3 Å². The van der Waals surface area contributed by atoms with E-state index in [4.69, 9.17) is 9.72 Å². The van der Waals surface area contributed by atoms with Gasteiger partial charge in [0.2, 0.25) is 0 Å². The first kappa shape index (κ1) is 24.1. The van der Waals surface area contributed by atoms with Crippen LogP contribution >= 0.6 is 0 Å². The molecular weight excluding hydrogens is 434 g/mol. The van der Waals surface area contributed by atoms with Crippen molar-refractivity contribution in [2.75, 3.05) is 26.7 Å². The molecule has 3 N–H and O–H groups in total. The number of aromatic amines is 1. The maximum absolute atomic E-state index is 11.9. The molecule has 0 aliphatic carbocycles. The molecule has 0 bridgehead atoms. The highest BCUT2D eigenvalue weighted by Crippen LogP contribution is 2.27. The lowest BCUT2D eigenvalue weighted by atomic mass is 10.0. The number of imidazole rings is 1. The Labute approximate surface area is 198 Å². The molecule has 2 atom stereocenters. The Morgan fingerprint density at radius 3 is 2.82 bits per heavy atom. The summed E-state index contributed by atoms with van der Waals surface area (Å²) in [5.41, 5.74) is 4.10. The van der Waals surface area contributed by atoms with Gasteiger partial charge in [-0.2, -0.15) is 0 Å². The van der Waals surface area contributed by atoms with Gasteiger partial charge in [-0.3, -0.25) is 9.59 Å². The molecule has 1 aromatic carbocycles. The van der Waals surface area contributed by atoms with Crippen molar-refractivity contribution < 1.29 is 14.6 Å². The van der Waals surface area contributed by atoms with Gasteiger partial charge in [-0.1, -0.05) is 19.9 Å². The molecule has 0 amide bonds. The average Bonchev–Trinajstić information content (AvgIpc) is 3.13. The molecule has 1 aliphatic rings. The highest BCUT2D eigenvalue weighted by molar-refractivity contribution is 5.81. The van der Waals surface area contributed by atoms with E-state index in [9.17, 15) is 14.7 Å². The number of carboxylic acids is 1. The number of ether oxygens (including phenoxy) is 1. The number of likely N-dealkylation sites (N-methyl/N-ethyl adjacent to an activating group) is 1. The molecule has 34 heavy (non-hydrogen) atoms. The second kappa shape index (κ2) is 10.1. The molecule has 0 radical (unpaired) electrons. The van der Waals surface area contributed by atoms with Crippen LogP contribution in [0.1, 0.15) is 25.0 Å². The summed E-state index contributed by atoms with van der Waals surface area (Å²) < 4.78 is 8.17. The second-order valence-corrected chi connectivity index (χ2v) is 9.47. The number of H-pyrrole nitrogens is 1. The number of nitrogens with zero attached hydrogens (tertiary/aromatic N) is 3. The third-order valence-electron chi connectivity index (χ3n) is 6.35. The Hall–Kier alpha value is -3.01. The molecule has 2 aromatic heterocycles. The summed E-state index contributed by atoms with van der Waals surface area (Å²) in [5, 5.41) is 12.6. The number of hydrogen-bond acceptors (Lipinski definition) is 6. The molecular formula is C25H33N5O4. The summed E-state index contributed by atoms with van der Waals surface area (Å²) >= 11 is 0. The number of aliphatic carboxylic acids is 1. The molecule has 1 saturated heterocycles. The molecule has 0 spiro atoms. The van der Waals surface area contributed by atoms with Crippen molar-refractivity contribution in [1.29, 1.82) is 0 Å². The fraction of sp³-hybridized carbons (Fsp3) is 0.480.